The third kappa shape index (κ3) is 9.08. The van der Waals surface area contributed by atoms with Gasteiger partial charge in [-0.05, 0) is 48.2 Å². The lowest BCUT2D eigenvalue weighted by atomic mass is 10.1. The van der Waals surface area contributed by atoms with E-state index in [2.05, 4.69) is 93.2 Å². The number of rotatable bonds is 16. The number of aromatic nitrogens is 2. The minimum Gasteiger partial charge on any atom is -0.372 e. The van der Waals surface area contributed by atoms with Gasteiger partial charge in [0.15, 0.2) is 0 Å². The average molecular weight is 500 g/mol. The van der Waals surface area contributed by atoms with E-state index in [0.717, 1.165) is 51.5 Å². The van der Waals surface area contributed by atoms with Crippen LogP contribution in [0.2, 0.25) is 0 Å². The first-order valence-electron chi connectivity index (χ1n) is 13.6. The van der Waals surface area contributed by atoms with Crippen molar-refractivity contribution in [3.8, 4) is 0 Å². The quantitative estimate of drug-likeness (QED) is 0.258. The van der Waals surface area contributed by atoms with E-state index in [4.69, 9.17) is 4.74 Å². The number of benzene rings is 2. The molecule has 0 atom stereocenters. The van der Waals surface area contributed by atoms with Crippen molar-refractivity contribution in [1.29, 1.82) is 0 Å². The number of nitrogens with one attached hydrogen (secondary N) is 1. The monoisotopic (exact) mass is 499 g/mol. The van der Waals surface area contributed by atoms with Gasteiger partial charge in [-0.3, -0.25) is 14.8 Å². The molecule has 0 saturated heterocycles. The van der Waals surface area contributed by atoms with Crippen LogP contribution in [0.1, 0.15) is 61.2 Å². The highest BCUT2D eigenvalue weighted by Gasteiger charge is 2.13. The van der Waals surface area contributed by atoms with Crippen LogP contribution in [0, 0.1) is 0 Å². The van der Waals surface area contributed by atoms with Crippen LogP contribution in [0.25, 0.3) is 0 Å². The van der Waals surface area contributed by atoms with E-state index in [1.807, 2.05) is 12.4 Å². The number of hydrogen-bond acceptors (Lipinski definition) is 5. The summed E-state index contributed by atoms with van der Waals surface area (Å²) in [6.45, 7) is 11.5. The first-order valence-corrected chi connectivity index (χ1v) is 13.6. The molecule has 37 heavy (non-hydrogen) atoms. The van der Waals surface area contributed by atoms with E-state index >= 15 is 0 Å². The number of aromatic amines is 1. The van der Waals surface area contributed by atoms with Gasteiger partial charge < -0.3 is 9.72 Å². The van der Waals surface area contributed by atoms with Crippen molar-refractivity contribution >= 4 is 5.71 Å². The summed E-state index contributed by atoms with van der Waals surface area (Å²) in [5.74, 6) is 0.976. The molecule has 6 heteroatoms. The smallest absolute Gasteiger partial charge is 0.120 e. The molecule has 2 aromatic carbocycles. The van der Waals surface area contributed by atoms with Gasteiger partial charge in [0.2, 0.25) is 0 Å². The molecule has 3 aromatic rings. The number of aliphatic imine (C=N–C) groups is 1. The van der Waals surface area contributed by atoms with E-state index in [1.165, 1.54) is 40.8 Å². The van der Waals surface area contributed by atoms with E-state index < -0.39 is 0 Å². The Morgan fingerprint density at radius 3 is 1.86 bits per heavy atom. The predicted molar refractivity (Wildman–Crippen MR) is 151 cm³/mol. The molecule has 1 aliphatic rings. The van der Waals surface area contributed by atoms with Crippen LogP contribution in [0.3, 0.4) is 0 Å². The molecule has 0 bridgehead atoms. The summed E-state index contributed by atoms with van der Waals surface area (Å²) in [5, 5.41) is 0. The molecule has 4 rings (SSSR count). The molecule has 0 unspecified atom stereocenters. The Hall–Kier alpha value is -3.06. The predicted octanol–water partition coefficient (Wildman–Crippen LogP) is 6.11. The van der Waals surface area contributed by atoms with Crippen LogP contribution in [0.15, 0.2) is 78.2 Å². The highest BCUT2D eigenvalue weighted by Crippen LogP contribution is 2.14. The lowest BCUT2D eigenvalue weighted by molar-refractivity contribution is 0.107. The molecule has 1 N–H and O–H groups in total. The molecule has 1 aromatic heterocycles. The Morgan fingerprint density at radius 2 is 1.35 bits per heavy atom. The number of nitrogens with zero attached hydrogens (tertiary/aromatic N) is 4. The molecular weight excluding hydrogens is 458 g/mol. The molecule has 2 heterocycles. The molecule has 0 radical (unpaired) electrons. The van der Waals surface area contributed by atoms with Gasteiger partial charge in [-0.25, -0.2) is 4.98 Å². The zero-order chi connectivity index (χ0) is 25.7. The summed E-state index contributed by atoms with van der Waals surface area (Å²) in [5.41, 5.74) is 6.26. The summed E-state index contributed by atoms with van der Waals surface area (Å²) < 4.78 is 6.03. The lowest BCUT2D eigenvalue weighted by Crippen LogP contribution is -2.29. The standard InChI is InChI=1S/C31H41N5O/c1-3-18-35(19-4-2)20-26-7-11-28(12-8-26)24-37-25-29-13-9-27(10-14-29)21-36(22-30-6-5-15-32-30)23-31-33-16-17-34-31/h5,7-17H,3-4,6,18-25H2,1-2H3,(H,33,34). The second-order valence-electron chi connectivity index (χ2n) is 9.87. The van der Waals surface area contributed by atoms with Crippen molar-refractivity contribution in [2.45, 2.75) is 66.0 Å². The largest absolute Gasteiger partial charge is 0.372 e. The Labute approximate surface area is 222 Å². The fraction of sp³-hybridized carbons (Fsp3) is 0.419. The van der Waals surface area contributed by atoms with Crippen molar-refractivity contribution in [3.63, 3.8) is 0 Å². The summed E-state index contributed by atoms with van der Waals surface area (Å²) in [7, 11) is 0. The maximum atomic E-state index is 6.03. The van der Waals surface area contributed by atoms with Gasteiger partial charge in [0.05, 0.1) is 19.8 Å². The first kappa shape index (κ1) is 27.0. The second-order valence-corrected chi connectivity index (χ2v) is 9.87. The number of ether oxygens (including phenoxy) is 1. The van der Waals surface area contributed by atoms with E-state index in [1.54, 1.807) is 6.20 Å². The molecule has 196 valence electrons. The second kappa shape index (κ2) is 14.6. The zero-order valence-electron chi connectivity index (χ0n) is 22.4. The molecule has 0 aliphatic carbocycles. The van der Waals surface area contributed by atoms with Crippen LogP contribution >= 0.6 is 0 Å². The fourth-order valence-corrected chi connectivity index (χ4v) is 4.71. The van der Waals surface area contributed by atoms with Crippen molar-refractivity contribution in [2.24, 2.45) is 4.99 Å². The van der Waals surface area contributed by atoms with Crippen LogP contribution in [0.4, 0.5) is 0 Å². The molecule has 1 aliphatic heterocycles. The Kier molecular flexibility index (Phi) is 10.7. The van der Waals surface area contributed by atoms with Crippen molar-refractivity contribution in [1.82, 2.24) is 19.8 Å². The lowest BCUT2D eigenvalue weighted by Gasteiger charge is -2.21. The third-order valence-corrected chi connectivity index (χ3v) is 6.53. The summed E-state index contributed by atoms with van der Waals surface area (Å²) in [4.78, 5) is 17.0. The molecular formula is C31H41N5O. The number of H-pyrrole nitrogens is 1. The Morgan fingerprint density at radius 1 is 0.757 bits per heavy atom. The van der Waals surface area contributed by atoms with E-state index in [9.17, 15) is 0 Å². The van der Waals surface area contributed by atoms with Crippen LogP contribution in [-0.2, 0) is 37.6 Å². The molecule has 0 amide bonds. The highest BCUT2D eigenvalue weighted by molar-refractivity contribution is 5.89. The fourth-order valence-electron chi connectivity index (χ4n) is 4.71. The van der Waals surface area contributed by atoms with Gasteiger partial charge >= 0.3 is 0 Å². The van der Waals surface area contributed by atoms with Gasteiger partial charge in [-0.1, -0.05) is 68.5 Å². The Bertz CT molecular complexity index is 1100. The van der Waals surface area contributed by atoms with Gasteiger partial charge in [0.25, 0.3) is 0 Å². The maximum absolute atomic E-state index is 6.03. The molecule has 0 spiro atoms. The normalized spacial score (nSPS) is 13.1. The van der Waals surface area contributed by atoms with Gasteiger partial charge in [-0.2, -0.15) is 0 Å². The van der Waals surface area contributed by atoms with Crippen molar-refractivity contribution in [2.75, 3.05) is 19.6 Å². The summed E-state index contributed by atoms with van der Waals surface area (Å²) >= 11 is 0. The molecule has 0 saturated carbocycles. The summed E-state index contributed by atoms with van der Waals surface area (Å²) in [6.07, 6.45) is 11.0. The van der Waals surface area contributed by atoms with Crippen molar-refractivity contribution < 1.29 is 4.74 Å². The topological polar surface area (TPSA) is 56.8 Å². The molecule has 6 nitrogen and oxygen atoms in total. The number of hydrogen-bond donors (Lipinski definition) is 1. The third-order valence-electron chi connectivity index (χ3n) is 6.53. The van der Waals surface area contributed by atoms with Crippen molar-refractivity contribution in [3.05, 3.63) is 101 Å². The van der Waals surface area contributed by atoms with Crippen LogP contribution < -0.4 is 0 Å². The van der Waals surface area contributed by atoms with Crippen LogP contribution in [0.5, 0.6) is 0 Å². The molecule has 0 fully saturated rings. The van der Waals surface area contributed by atoms with Gasteiger partial charge in [-0.15, -0.1) is 0 Å². The van der Waals surface area contributed by atoms with Gasteiger partial charge in [0, 0.05) is 50.4 Å². The van der Waals surface area contributed by atoms with E-state index in [-0.39, 0.29) is 0 Å². The summed E-state index contributed by atoms with van der Waals surface area (Å²) in [6, 6.07) is 17.6. The minimum absolute atomic E-state index is 0.612. The van der Waals surface area contributed by atoms with E-state index in [0.29, 0.717) is 13.2 Å². The minimum atomic E-state index is 0.612. The number of imidazole rings is 1. The highest BCUT2D eigenvalue weighted by atomic mass is 16.5. The van der Waals surface area contributed by atoms with Gasteiger partial charge in [0.1, 0.15) is 5.82 Å². The Balaban J connectivity index is 1.24. The zero-order valence-corrected chi connectivity index (χ0v) is 22.4. The van der Waals surface area contributed by atoms with Crippen LogP contribution in [-0.4, -0.2) is 45.1 Å². The average Bonchev–Trinajstić information content (AvgIpc) is 3.61. The SMILES string of the molecule is CCCN(CCC)Cc1ccc(COCc2ccc(CN(CC3=NC=CC3)Cc3ncc[nH]3)cc2)cc1. The maximum Gasteiger partial charge on any atom is 0.120 e. The number of allylic oxidation sites excluding steroid dienone is 1. The first-order chi connectivity index (χ1) is 18.2.